The molecule has 0 radical (unpaired) electrons. The molecule has 110 valence electrons. The number of carbonyl (C=O) groups excluding carboxylic acids is 1. The van der Waals surface area contributed by atoms with Crippen LogP contribution < -0.4 is 10.1 Å². The van der Waals surface area contributed by atoms with E-state index < -0.39 is 0 Å². The average molecular weight is 277 g/mol. The van der Waals surface area contributed by atoms with Gasteiger partial charge in [-0.15, -0.1) is 0 Å². The van der Waals surface area contributed by atoms with Crippen molar-refractivity contribution in [1.29, 1.82) is 0 Å². The molecule has 0 saturated carbocycles. The van der Waals surface area contributed by atoms with E-state index in [1.54, 1.807) is 12.1 Å². The highest BCUT2D eigenvalue weighted by Gasteiger charge is 2.23. The first-order valence-corrected chi connectivity index (χ1v) is 7.36. The van der Waals surface area contributed by atoms with Crippen molar-refractivity contribution in [1.82, 2.24) is 5.32 Å². The van der Waals surface area contributed by atoms with Crippen LogP contribution in [-0.2, 0) is 4.74 Å². The number of hydrogen-bond donors (Lipinski definition) is 1. The first-order chi connectivity index (χ1) is 9.70. The highest BCUT2D eigenvalue weighted by Crippen LogP contribution is 2.16. The maximum absolute atomic E-state index is 12.1. The Kier molecular flexibility index (Phi) is 5.41. The van der Waals surface area contributed by atoms with Gasteiger partial charge in [-0.2, -0.15) is 0 Å². The molecule has 1 N–H and O–H groups in total. The molecule has 1 aliphatic heterocycles. The Morgan fingerprint density at radius 1 is 1.45 bits per heavy atom. The quantitative estimate of drug-likeness (QED) is 0.869. The molecule has 1 aromatic rings. The minimum Gasteiger partial charge on any atom is -0.494 e. The van der Waals surface area contributed by atoms with Gasteiger partial charge in [0.1, 0.15) is 5.75 Å². The fourth-order valence-corrected chi connectivity index (χ4v) is 2.30. The van der Waals surface area contributed by atoms with Crippen molar-refractivity contribution in [3.8, 4) is 5.75 Å². The Balaban J connectivity index is 1.88. The van der Waals surface area contributed by atoms with Gasteiger partial charge in [0.05, 0.1) is 18.8 Å². The maximum atomic E-state index is 12.1. The molecule has 0 bridgehead atoms. The van der Waals surface area contributed by atoms with Crippen LogP contribution in [0.25, 0.3) is 0 Å². The average Bonchev–Trinajstić information content (AvgIpc) is 3.00. The van der Waals surface area contributed by atoms with Crippen LogP contribution in [0, 0.1) is 0 Å². The summed E-state index contributed by atoms with van der Waals surface area (Å²) < 4.78 is 11.1. The topological polar surface area (TPSA) is 47.6 Å². The molecule has 1 amide bonds. The van der Waals surface area contributed by atoms with Crippen LogP contribution in [0.15, 0.2) is 24.3 Å². The highest BCUT2D eigenvalue weighted by molar-refractivity contribution is 5.94. The highest BCUT2D eigenvalue weighted by atomic mass is 16.5. The first-order valence-electron chi connectivity index (χ1n) is 7.36. The zero-order valence-electron chi connectivity index (χ0n) is 12.2. The van der Waals surface area contributed by atoms with Crippen LogP contribution in [-0.4, -0.2) is 31.3 Å². The van der Waals surface area contributed by atoms with Gasteiger partial charge < -0.3 is 14.8 Å². The molecule has 0 unspecified atom stereocenters. The molecule has 0 aromatic heterocycles. The minimum absolute atomic E-state index is 0.0426. The van der Waals surface area contributed by atoms with Gasteiger partial charge >= 0.3 is 0 Å². The van der Waals surface area contributed by atoms with Crippen molar-refractivity contribution >= 4 is 5.91 Å². The number of amides is 1. The molecule has 20 heavy (non-hydrogen) atoms. The van der Waals surface area contributed by atoms with E-state index in [4.69, 9.17) is 9.47 Å². The third-order valence-corrected chi connectivity index (χ3v) is 3.47. The molecule has 4 heteroatoms. The lowest BCUT2D eigenvalue weighted by Crippen LogP contribution is -2.40. The summed E-state index contributed by atoms with van der Waals surface area (Å²) in [5.41, 5.74) is 0.652. The lowest BCUT2D eigenvalue weighted by atomic mass is 10.1. The van der Waals surface area contributed by atoms with Gasteiger partial charge in [0.15, 0.2) is 0 Å². The molecule has 0 spiro atoms. The first kappa shape index (κ1) is 14.9. The van der Waals surface area contributed by atoms with Crippen LogP contribution in [0.4, 0.5) is 0 Å². The Hall–Kier alpha value is -1.55. The molecule has 4 nitrogen and oxygen atoms in total. The smallest absolute Gasteiger partial charge is 0.251 e. The van der Waals surface area contributed by atoms with Crippen LogP contribution in [0.1, 0.15) is 43.5 Å². The van der Waals surface area contributed by atoms with Crippen molar-refractivity contribution in [3.63, 3.8) is 0 Å². The summed E-state index contributed by atoms with van der Waals surface area (Å²) in [5.74, 6) is 0.741. The molecule has 1 fully saturated rings. The van der Waals surface area contributed by atoms with Crippen molar-refractivity contribution in [2.75, 3.05) is 13.2 Å². The van der Waals surface area contributed by atoms with Gasteiger partial charge in [-0.1, -0.05) is 6.92 Å². The van der Waals surface area contributed by atoms with E-state index in [1.165, 1.54) is 0 Å². The van der Waals surface area contributed by atoms with E-state index in [-0.39, 0.29) is 18.1 Å². The molecule has 1 saturated heterocycles. The summed E-state index contributed by atoms with van der Waals surface area (Å²) in [6.07, 6.45) is 3.21. The predicted octanol–water partition coefficient (Wildman–Crippen LogP) is 2.77. The zero-order chi connectivity index (χ0) is 14.4. The van der Waals surface area contributed by atoms with Crippen LogP contribution in [0.2, 0.25) is 0 Å². The van der Waals surface area contributed by atoms with Crippen molar-refractivity contribution < 1.29 is 14.3 Å². The van der Waals surface area contributed by atoms with Crippen molar-refractivity contribution in [2.24, 2.45) is 0 Å². The third kappa shape index (κ3) is 3.97. The maximum Gasteiger partial charge on any atom is 0.251 e. The number of ether oxygens (including phenoxy) is 2. The summed E-state index contributed by atoms with van der Waals surface area (Å²) in [6, 6.07) is 7.30. The van der Waals surface area contributed by atoms with Crippen molar-refractivity contribution in [2.45, 2.75) is 45.3 Å². The molecule has 2 atom stereocenters. The summed E-state index contributed by atoms with van der Waals surface area (Å²) in [5, 5.41) is 3.00. The fourth-order valence-electron chi connectivity index (χ4n) is 2.30. The summed E-state index contributed by atoms with van der Waals surface area (Å²) >= 11 is 0. The van der Waals surface area contributed by atoms with Gasteiger partial charge in [-0.25, -0.2) is 0 Å². The Bertz CT molecular complexity index is 424. The second kappa shape index (κ2) is 7.29. The van der Waals surface area contributed by atoms with Crippen molar-refractivity contribution in [3.05, 3.63) is 29.8 Å². The number of benzene rings is 1. The molecular weight excluding hydrogens is 254 g/mol. The van der Waals surface area contributed by atoms with E-state index >= 15 is 0 Å². The molecule has 1 heterocycles. The van der Waals surface area contributed by atoms with E-state index in [0.29, 0.717) is 12.2 Å². The largest absolute Gasteiger partial charge is 0.494 e. The van der Waals surface area contributed by atoms with E-state index in [0.717, 1.165) is 31.6 Å². The van der Waals surface area contributed by atoms with Gasteiger partial charge in [-0.05, 0) is 50.5 Å². The van der Waals surface area contributed by atoms with Gasteiger partial charge in [0, 0.05) is 12.2 Å². The lowest BCUT2D eigenvalue weighted by molar-refractivity contribution is 0.0712. The predicted molar refractivity (Wildman–Crippen MR) is 78.1 cm³/mol. The third-order valence-electron chi connectivity index (χ3n) is 3.47. The second-order valence-electron chi connectivity index (χ2n) is 5.19. The number of hydrogen-bond acceptors (Lipinski definition) is 3. The standard InChI is InChI=1S/C16H23NO3/c1-3-10-19-14-8-6-13(7-9-14)16(18)17-12(2)15-5-4-11-20-15/h6-9,12,15H,3-5,10-11H2,1-2H3,(H,17,18)/t12-,15+/m1/s1. The summed E-state index contributed by atoms with van der Waals surface area (Å²) in [6.45, 7) is 5.55. The molecular formula is C16H23NO3. The Labute approximate surface area is 120 Å². The molecule has 1 aromatic carbocycles. The monoisotopic (exact) mass is 277 g/mol. The SMILES string of the molecule is CCCOc1ccc(C(=O)N[C@H](C)[C@@H]2CCCO2)cc1. The molecule has 1 aliphatic rings. The lowest BCUT2D eigenvalue weighted by Gasteiger charge is -2.20. The molecule has 0 aliphatic carbocycles. The van der Waals surface area contributed by atoms with Crippen LogP contribution in [0.5, 0.6) is 5.75 Å². The number of nitrogens with one attached hydrogen (secondary N) is 1. The minimum atomic E-state index is -0.0601. The summed E-state index contributed by atoms with van der Waals surface area (Å²) in [7, 11) is 0. The van der Waals surface area contributed by atoms with E-state index in [1.807, 2.05) is 19.1 Å². The Morgan fingerprint density at radius 2 is 2.20 bits per heavy atom. The Morgan fingerprint density at radius 3 is 2.80 bits per heavy atom. The van der Waals surface area contributed by atoms with E-state index in [9.17, 15) is 4.79 Å². The zero-order valence-corrected chi connectivity index (χ0v) is 12.2. The van der Waals surface area contributed by atoms with Gasteiger partial charge in [0.25, 0.3) is 5.91 Å². The van der Waals surface area contributed by atoms with Gasteiger partial charge in [-0.3, -0.25) is 4.79 Å². The van der Waals surface area contributed by atoms with Gasteiger partial charge in [0.2, 0.25) is 0 Å². The fraction of sp³-hybridized carbons (Fsp3) is 0.562. The second-order valence-corrected chi connectivity index (χ2v) is 5.19. The van der Waals surface area contributed by atoms with Crippen LogP contribution >= 0.6 is 0 Å². The van der Waals surface area contributed by atoms with E-state index in [2.05, 4.69) is 12.2 Å². The molecule has 2 rings (SSSR count). The normalized spacial score (nSPS) is 19.6. The number of carbonyl (C=O) groups is 1. The van der Waals surface area contributed by atoms with Crippen LogP contribution in [0.3, 0.4) is 0 Å². The number of rotatable bonds is 6. The summed E-state index contributed by atoms with van der Waals surface area (Å²) in [4.78, 5) is 12.1.